The molecule has 3 atom stereocenters. The van der Waals surface area contributed by atoms with Crippen LogP contribution in [0.5, 0.6) is 0 Å². The summed E-state index contributed by atoms with van der Waals surface area (Å²) in [5.74, 6) is -4.82. The third-order valence-corrected chi connectivity index (χ3v) is 3.30. The third-order valence-electron chi connectivity index (χ3n) is 2.93. The maximum atomic E-state index is 12.0. The Morgan fingerprint density at radius 2 is 1.64 bits per heavy atom. The molecule has 0 aromatic carbocycles. The number of rotatable bonds is 11. The van der Waals surface area contributed by atoms with Crippen molar-refractivity contribution in [3.05, 3.63) is 0 Å². The minimum Gasteiger partial charge on any atom is -0.481 e. The van der Waals surface area contributed by atoms with Gasteiger partial charge in [0.25, 0.3) is 0 Å². The maximum Gasteiger partial charge on any atom is 0.326 e. The van der Waals surface area contributed by atoms with Crippen LogP contribution in [0, 0.1) is 0 Å². The number of nitrogens with two attached hydrogens (primary N) is 1. The lowest BCUT2D eigenvalue weighted by Gasteiger charge is -2.20. The van der Waals surface area contributed by atoms with E-state index in [2.05, 4.69) is 28.6 Å². The van der Waals surface area contributed by atoms with Gasteiger partial charge in [-0.15, -0.1) is 0 Å². The number of carboxylic acids is 2. The fraction of sp³-hybridized carbons (Fsp3) is 0.615. The molecule has 0 aromatic rings. The second kappa shape index (κ2) is 11.3. The number of carbonyl (C=O) groups excluding carboxylic acids is 3. The van der Waals surface area contributed by atoms with E-state index in [1.54, 1.807) is 0 Å². The van der Waals surface area contributed by atoms with E-state index in [1.165, 1.54) is 6.92 Å². The van der Waals surface area contributed by atoms with Crippen molar-refractivity contribution in [2.75, 3.05) is 12.3 Å². The highest BCUT2D eigenvalue weighted by molar-refractivity contribution is 7.80. The number of amides is 3. The topological polar surface area (TPSA) is 188 Å². The van der Waals surface area contributed by atoms with Gasteiger partial charge >= 0.3 is 11.9 Å². The van der Waals surface area contributed by atoms with Gasteiger partial charge < -0.3 is 31.9 Å². The number of hydrogen-bond donors (Lipinski definition) is 7. The minimum atomic E-state index is -1.42. The van der Waals surface area contributed by atoms with Gasteiger partial charge in [-0.3, -0.25) is 19.2 Å². The van der Waals surface area contributed by atoms with Crippen molar-refractivity contribution in [2.24, 2.45) is 5.73 Å². The van der Waals surface area contributed by atoms with Crippen molar-refractivity contribution in [3.8, 4) is 0 Å². The summed E-state index contributed by atoms with van der Waals surface area (Å²) in [7, 11) is 0. The van der Waals surface area contributed by atoms with E-state index in [0.29, 0.717) is 0 Å². The highest BCUT2D eigenvalue weighted by Crippen LogP contribution is 2.00. The van der Waals surface area contributed by atoms with Crippen molar-refractivity contribution in [2.45, 2.75) is 37.9 Å². The van der Waals surface area contributed by atoms with Gasteiger partial charge in [0.15, 0.2) is 0 Å². The zero-order valence-corrected chi connectivity index (χ0v) is 14.4. The lowest BCUT2D eigenvalue weighted by atomic mass is 10.1. The molecule has 0 radical (unpaired) electrons. The number of thiol groups is 1. The van der Waals surface area contributed by atoms with Crippen LogP contribution in [-0.2, 0) is 24.0 Å². The Hall–Kier alpha value is -2.34. The summed E-state index contributed by atoms with van der Waals surface area (Å²) in [6, 6.07) is -3.38. The first-order valence-electron chi connectivity index (χ1n) is 7.27. The standard InChI is InChI=1S/C13H22N4O7S/c1-6(14)11(21)15-4-9(18)16-8(5-25)12(22)17-7(13(23)24)2-3-10(19)20/h6-8,25H,2-5,14H2,1H3,(H,15,21)(H,16,18)(H,17,22)(H,19,20)(H,23,24). The van der Waals surface area contributed by atoms with Gasteiger partial charge in [-0.1, -0.05) is 0 Å². The van der Waals surface area contributed by atoms with Crippen molar-refractivity contribution in [1.29, 1.82) is 0 Å². The van der Waals surface area contributed by atoms with E-state index >= 15 is 0 Å². The summed E-state index contributed by atoms with van der Waals surface area (Å²) in [5.41, 5.74) is 5.31. The second-order valence-corrected chi connectivity index (χ2v) is 5.51. The van der Waals surface area contributed by atoms with Crippen LogP contribution in [-0.4, -0.2) is 70.3 Å². The van der Waals surface area contributed by atoms with E-state index in [9.17, 15) is 24.0 Å². The molecule has 0 saturated carbocycles. The minimum absolute atomic E-state index is 0.135. The van der Waals surface area contributed by atoms with E-state index < -0.39 is 60.8 Å². The summed E-state index contributed by atoms with van der Waals surface area (Å²) < 4.78 is 0. The molecule has 0 aliphatic carbocycles. The van der Waals surface area contributed by atoms with Crippen LogP contribution in [0.3, 0.4) is 0 Å². The lowest BCUT2D eigenvalue weighted by molar-refractivity contribution is -0.143. The molecule has 25 heavy (non-hydrogen) atoms. The van der Waals surface area contributed by atoms with Gasteiger partial charge in [-0.05, 0) is 13.3 Å². The number of aliphatic carboxylic acids is 2. The summed E-state index contributed by atoms with van der Waals surface area (Å²) in [4.78, 5) is 56.5. The van der Waals surface area contributed by atoms with Crippen molar-refractivity contribution in [1.82, 2.24) is 16.0 Å². The predicted octanol–water partition coefficient (Wildman–Crippen LogP) is -2.70. The molecule has 0 aliphatic rings. The summed E-state index contributed by atoms with van der Waals surface area (Å²) in [5, 5.41) is 24.2. The highest BCUT2D eigenvalue weighted by atomic mass is 32.1. The number of carboxylic acid groups (broad SMARTS) is 2. The second-order valence-electron chi connectivity index (χ2n) is 5.14. The zero-order chi connectivity index (χ0) is 19.6. The third kappa shape index (κ3) is 9.52. The van der Waals surface area contributed by atoms with Gasteiger partial charge in [-0.25, -0.2) is 4.79 Å². The average molecular weight is 378 g/mol. The molecule has 0 fully saturated rings. The Balaban J connectivity index is 4.62. The SMILES string of the molecule is CC(N)C(=O)NCC(=O)NC(CS)C(=O)NC(CCC(=O)O)C(=O)O. The molecule has 0 aromatic heterocycles. The Morgan fingerprint density at radius 1 is 1.04 bits per heavy atom. The van der Waals surface area contributed by atoms with Crippen molar-refractivity contribution >= 4 is 42.3 Å². The maximum absolute atomic E-state index is 12.0. The molecule has 0 spiro atoms. The lowest BCUT2D eigenvalue weighted by Crippen LogP contribution is -2.54. The van der Waals surface area contributed by atoms with Crippen LogP contribution >= 0.6 is 12.6 Å². The van der Waals surface area contributed by atoms with E-state index in [1.807, 2.05) is 0 Å². The van der Waals surface area contributed by atoms with E-state index in [0.717, 1.165) is 0 Å². The van der Waals surface area contributed by atoms with Crippen LogP contribution in [0.4, 0.5) is 0 Å². The molecule has 0 heterocycles. The fourth-order valence-corrected chi connectivity index (χ4v) is 1.82. The van der Waals surface area contributed by atoms with Gasteiger partial charge in [-0.2, -0.15) is 12.6 Å². The monoisotopic (exact) mass is 378 g/mol. The molecular formula is C13H22N4O7S. The smallest absolute Gasteiger partial charge is 0.326 e. The largest absolute Gasteiger partial charge is 0.481 e. The molecule has 11 nitrogen and oxygen atoms in total. The zero-order valence-electron chi connectivity index (χ0n) is 13.5. The van der Waals surface area contributed by atoms with Crippen LogP contribution in [0.25, 0.3) is 0 Å². The first-order chi connectivity index (χ1) is 11.6. The molecule has 12 heteroatoms. The van der Waals surface area contributed by atoms with Crippen LogP contribution < -0.4 is 21.7 Å². The Labute approximate surface area is 149 Å². The van der Waals surface area contributed by atoms with E-state index in [-0.39, 0.29) is 12.2 Å². The predicted molar refractivity (Wildman–Crippen MR) is 88.9 cm³/mol. The fourth-order valence-electron chi connectivity index (χ4n) is 1.57. The Morgan fingerprint density at radius 3 is 2.08 bits per heavy atom. The summed E-state index contributed by atoms with van der Waals surface area (Å²) in [6.45, 7) is 1.01. The van der Waals surface area contributed by atoms with Gasteiger partial charge in [0.2, 0.25) is 17.7 Å². The molecular weight excluding hydrogens is 356 g/mol. The Kier molecular flexibility index (Phi) is 10.2. The summed E-state index contributed by atoms with van der Waals surface area (Å²) in [6.07, 6.45) is -0.757. The first-order valence-corrected chi connectivity index (χ1v) is 7.90. The van der Waals surface area contributed by atoms with Crippen LogP contribution in [0.1, 0.15) is 19.8 Å². The van der Waals surface area contributed by atoms with Crippen molar-refractivity contribution in [3.63, 3.8) is 0 Å². The van der Waals surface area contributed by atoms with Crippen LogP contribution in [0.2, 0.25) is 0 Å². The van der Waals surface area contributed by atoms with Gasteiger partial charge in [0.1, 0.15) is 12.1 Å². The number of hydrogen-bond acceptors (Lipinski definition) is 7. The van der Waals surface area contributed by atoms with Crippen molar-refractivity contribution < 1.29 is 34.2 Å². The van der Waals surface area contributed by atoms with E-state index in [4.69, 9.17) is 15.9 Å². The Bertz CT molecular complexity index is 527. The molecule has 0 bridgehead atoms. The molecule has 0 saturated heterocycles. The van der Waals surface area contributed by atoms with Gasteiger partial charge in [0, 0.05) is 12.2 Å². The molecule has 142 valence electrons. The quantitative estimate of drug-likeness (QED) is 0.189. The first kappa shape index (κ1) is 22.7. The summed E-state index contributed by atoms with van der Waals surface area (Å²) >= 11 is 3.91. The average Bonchev–Trinajstić information content (AvgIpc) is 2.53. The molecule has 3 amide bonds. The highest BCUT2D eigenvalue weighted by Gasteiger charge is 2.26. The van der Waals surface area contributed by atoms with Gasteiger partial charge in [0.05, 0.1) is 12.6 Å². The molecule has 7 N–H and O–H groups in total. The molecule has 3 unspecified atom stereocenters. The number of nitrogens with one attached hydrogen (secondary N) is 3. The molecule has 0 rings (SSSR count). The normalized spacial score (nSPS) is 13.9. The molecule has 0 aliphatic heterocycles. The van der Waals surface area contributed by atoms with Crippen LogP contribution in [0.15, 0.2) is 0 Å². The number of carbonyl (C=O) groups is 5.